The van der Waals surface area contributed by atoms with Gasteiger partial charge in [0.1, 0.15) is 0 Å². The van der Waals surface area contributed by atoms with E-state index in [4.69, 9.17) is 0 Å². The number of fused-ring (bicyclic) bond motifs is 2. The number of nitrogens with one attached hydrogen (secondary N) is 1. The standard InChI is InChI=1S/C12H19N3S/c1-9(12-7-16-8-13-12)15-5-4-10-2-3-11(6-15)14-10/h7-11,14H,2-6H2,1H3. The molecule has 2 aliphatic rings. The minimum Gasteiger partial charge on any atom is -0.310 e. The van der Waals surface area contributed by atoms with Crippen molar-refractivity contribution in [3.8, 4) is 0 Å². The molecule has 3 unspecified atom stereocenters. The smallest absolute Gasteiger partial charge is 0.0795 e. The van der Waals surface area contributed by atoms with Crippen molar-refractivity contribution in [1.82, 2.24) is 15.2 Å². The van der Waals surface area contributed by atoms with Crippen LogP contribution in [0.3, 0.4) is 0 Å². The van der Waals surface area contributed by atoms with Crippen molar-refractivity contribution in [1.29, 1.82) is 0 Å². The fraction of sp³-hybridized carbons (Fsp3) is 0.750. The summed E-state index contributed by atoms with van der Waals surface area (Å²) in [5.41, 5.74) is 3.18. The first kappa shape index (κ1) is 10.7. The van der Waals surface area contributed by atoms with E-state index in [2.05, 4.69) is 27.5 Å². The monoisotopic (exact) mass is 237 g/mol. The summed E-state index contributed by atoms with van der Waals surface area (Å²) in [4.78, 5) is 7.03. The van der Waals surface area contributed by atoms with Crippen molar-refractivity contribution in [2.24, 2.45) is 0 Å². The Hall–Kier alpha value is -0.450. The highest BCUT2D eigenvalue weighted by atomic mass is 32.1. The quantitative estimate of drug-likeness (QED) is 0.853. The molecular weight excluding hydrogens is 218 g/mol. The van der Waals surface area contributed by atoms with Gasteiger partial charge in [-0.05, 0) is 26.2 Å². The molecular formula is C12H19N3S. The van der Waals surface area contributed by atoms with E-state index in [9.17, 15) is 0 Å². The molecule has 0 spiro atoms. The highest BCUT2D eigenvalue weighted by Gasteiger charge is 2.31. The summed E-state index contributed by atoms with van der Waals surface area (Å²) < 4.78 is 0. The third-order valence-electron chi connectivity index (χ3n) is 3.98. The summed E-state index contributed by atoms with van der Waals surface area (Å²) in [6.07, 6.45) is 4.03. The number of hydrogen-bond acceptors (Lipinski definition) is 4. The Morgan fingerprint density at radius 3 is 3.12 bits per heavy atom. The zero-order chi connectivity index (χ0) is 11.0. The topological polar surface area (TPSA) is 28.2 Å². The molecule has 3 heterocycles. The van der Waals surface area contributed by atoms with E-state index in [1.54, 1.807) is 11.3 Å². The lowest BCUT2D eigenvalue weighted by molar-refractivity contribution is 0.197. The SMILES string of the molecule is CC(c1cscn1)N1CCC2CCC(C1)N2. The molecule has 0 radical (unpaired) electrons. The van der Waals surface area contributed by atoms with Crippen molar-refractivity contribution in [3.05, 3.63) is 16.6 Å². The number of aromatic nitrogens is 1. The zero-order valence-corrected chi connectivity index (χ0v) is 10.5. The molecule has 0 aromatic carbocycles. The van der Waals surface area contributed by atoms with E-state index in [-0.39, 0.29) is 0 Å². The Morgan fingerprint density at radius 2 is 2.31 bits per heavy atom. The van der Waals surface area contributed by atoms with Gasteiger partial charge in [0.25, 0.3) is 0 Å². The molecule has 4 heteroatoms. The summed E-state index contributed by atoms with van der Waals surface area (Å²) >= 11 is 1.70. The normalized spacial score (nSPS) is 32.6. The molecule has 16 heavy (non-hydrogen) atoms. The fourth-order valence-corrected chi connectivity index (χ4v) is 3.58. The fourth-order valence-electron chi connectivity index (χ4n) is 2.94. The summed E-state index contributed by atoms with van der Waals surface area (Å²) in [7, 11) is 0. The number of thiazole rings is 1. The number of nitrogens with zero attached hydrogens (tertiary/aromatic N) is 2. The van der Waals surface area contributed by atoms with Crippen molar-refractivity contribution in [3.63, 3.8) is 0 Å². The van der Waals surface area contributed by atoms with Crippen molar-refractivity contribution in [2.45, 2.75) is 44.3 Å². The van der Waals surface area contributed by atoms with E-state index in [0.717, 1.165) is 6.04 Å². The third-order valence-corrected chi connectivity index (χ3v) is 4.59. The van der Waals surface area contributed by atoms with Gasteiger partial charge in [0.05, 0.1) is 17.2 Å². The van der Waals surface area contributed by atoms with Crippen molar-refractivity contribution in [2.75, 3.05) is 13.1 Å². The van der Waals surface area contributed by atoms with Gasteiger partial charge in [-0.2, -0.15) is 0 Å². The first-order valence-corrected chi connectivity index (χ1v) is 7.15. The molecule has 0 aliphatic carbocycles. The van der Waals surface area contributed by atoms with Crippen LogP contribution in [0.25, 0.3) is 0 Å². The maximum Gasteiger partial charge on any atom is 0.0795 e. The maximum atomic E-state index is 4.44. The molecule has 2 fully saturated rings. The van der Waals surface area contributed by atoms with E-state index < -0.39 is 0 Å². The van der Waals surface area contributed by atoms with Crippen LogP contribution in [0, 0.1) is 0 Å². The first-order valence-electron chi connectivity index (χ1n) is 6.21. The second-order valence-electron chi connectivity index (χ2n) is 5.01. The average molecular weight is 237 g/mol. The molecule has 0 saturated carbocycles. The number of likely N-dealkylation sites (tertiary alicyclic amines) is 1. The molecule has 3 nitrogen and oxygen atoms in total. The van der Waals surface area contributed by atoms with Crippen LogP contribution in [-0.2, 0) is 0 Å². The lowest BCUT2D eigenvalue weighted by Gasteiger charge is -2.29. The van der Waals surface area contributed by atoms with Crippen LogP contribution in [0.4, 0.5) is 0 Å². The summed E-state index contributed by atoms with van der Waals surface area (Å²) in [6.45, 7) is 4.69. The lowest BCUT2D eigenvalue weighted by atomic mass is 10.1. The minimum absolute atomic E-state index is 0.479. The molecule has 1 aromatic rings. The maximum absolute atomic E-state index is 4.44. The third kappa shape index (κ3) is 2.01. The highest BCUT2D eigenvalue weighted by Crippen LogP contribution is 2.26. The molecule has 1 N–H and O–H groups in total. The van der Waals surface area contributed by atoms with E-state index in [0.29, 0.717) is 12.1 Å². The summed E-state index contributed by atoms with van der Waals surface area (Å²) in [5.74, 6) is 0. The van der Waals surface area contributed by atoms with Crippen molar-refractivity contribution < 1.29 is 0 Å². The van der Waals surface area contributed by atoms with Gasteiger partial charge in [0, 0.05) is 30.6 Å². The molecule has 2 aliphatic heterocycles. The van der Waals surface area contributed by atoms with Crippen LogP contribution in [-0.4, -0.2) is 35.1 Å². The molecule has 2 saturated heterocycles. The second kappa shape index (κ2) is 4.43. The van der Waals surface area contributed by atoms with Gasteiger partial charge >= 0.3 is 0 Å². The predicted octanol–water partition coefficient (Wildman–Crippen LogP) is 2.03. The Balaban J connectivity index is 1.70. The van der Waals surface area contributed by atoms with Gasteiger partial charge in [0.15, 0.2) is 0 Å². The predicted molar refractivity (Wildman–Crippen MR) is 66.7 cm³/mol. The van der Waals surface area contributed by atoms with Gasteiger partial charge < -0.3 is 5.32 Å². The van der Waals surface area contributed by atoms with Crippen molar-refractivity contribution >= 4 is 11.3 Å². The van der Waals surface area contributed by atoms with Crippen LogP contribution in [0.15, 0.2) is 10.9 Å². The Labute approximate surface area is 101 Å². The van der Waals surface area contributed by atoms with E-state index in [1.165, 1.54) is 38.0 Å². The number of rotatable bonds is 2. The van der Waals surface area contributed by atoms with Gasteiger partial charge in [-0.15, -0.1) is 11.3 Å². The molecule has 88 valence electrons. The van der Waals surface area contributed by atoms with Crippen LogP contribution in [0.1, 0.15) is 37.9 Å². The summed E-state index contributed by atoms with van der Waals surface area (Å²) in [5, 5.41) is 5.91. The number of hydrogen-bond donors (Lipinski definition) is 1. The first-order chi connectivity index (χ1) is 7.83. The Morgan fingerprint density at radius 1 is 1.44 bits per heavy atom. The molecule has 3 atom stereocenters. The van der Waals surface area contributed by atoms with Gasteiger partial charge in [-0.1, -0.05) is 0 Å². The van der Waals surface area contributed by atoms with Crippen LogP contribution in [0.5, 0.6) is 0 Å². The Kier molecular flexibility index (Phi) is 2.96. The van der Waals surface area contributed by atoms with Gasteiger partial charge in [-0.3, -0.25) is 4.90 Å². The molecule has 2 bridgehead atoms. The highest BCUT2D eigenvalue weighted by molar-refractivity contribution is 7.07. The second-order valence-corrected chi connectivity index (χ2v) is 5.73. The minimum atomic E-state index is 0.479. The van der Waals surface area contributed by atoms with Crippen LogP contribution in [0.2, 0.25) is 0 Å². The van der Waals surface area contributed by atoms with Crippen LogP contribution < -0.4 is 5.32 Å². The molecule has 1 aromatic heterocycles. The Bertz CT molecular complexity index is 338. The van der Waals surface area contributed by atoms with E-state index in [1.807, 2.05) is 5.51 Å². The summed E-state index contributed by atoms with van der Waals surface area (Å²) in [6, 6.07) is 1.97. The van der Waals surface area contributed by atoms with Gasteiger partial charge in [0.2, 0.25) is 0 Å². The molecule has 3 rings (SSSR count). The lowest BCUT2D eigenvalue weighted by Crippen LogP contribution is -2.36. The van der Waals surface area contributed by atoms with Gasteiger partial charge in [-0.25, -0.2) is 4.98 Å². The zero-order valence-electron chi connectivity index (χ0n) is 9.72. The van der Waals surface area contributed by atoms with Crippen LogP contribution >= 0.6 is 11.3 Å². The average Bonchev–Trinajstić information content (AvgIpc) is 2.87. The molecule has 0 amide bonds. The van der Waals surface area contributed by atoms with E-state index >= 15 is 0 Å². The largest absolute Gasteiger partial charge is 0.310 e.